The molecular weight excluding hydrogens is 240 g/mol. The highest BCUT2D eigenvalue weighted by Gasteiger charge is 2.34. The normalized spacial score (nSPS) is 19.2. The molecule has 0 aliphatic heterocycles. The summed E-state index contributed by atoms with van der Waals surface area (Å²) in [6.45, 7) is 4.03. The molecule has 0 saturated carbocycles. The molecule has 14 heavy (non-hydrogen) atoms. The van der Waals surface area contributed by atoms with Crippen LogP contribution in [0.5, 0.6) is 0 Å². The zero-order chi connectivity index (χ0) is 10.3. The predicted molar refractivity (Wildman–Crippen MR) is 60.5 cm³/mol. The Morgan fingerprint density at radius 3 is 2.71 bits per heavy atom. The van der Waals surface area contributed by atoms with E-state index in [2.05, 4.69) is 28.1 Å². The van der Waals surface area contributed by atoms with E-state index in [0.29, 0.717) is 12.2 Å². The van der Waals surface area contributed by atoms with Crippen LogP contribution in [0.1, 0.15) is 31.4 Å². The van der Waals surface area contributed by atoms with Gasteiger partial charge in [-0.15, -0.1) is 0 Å². The van der Waals surface area contributed by atoms with Crippen LogP contribution in [0.4, 0.5) is 0 Å². The Morgan fingerprint density at radius 2 is 2.00 bits per heavy atom. The Kier molecular flexibility index (Phi) is 2.26. The van der Waals surface area contributed by atoms with Gasteiger partial charge in [0.2, 0.25) is 0 Å². The van der Waals surface area contributed by atoms with Gasteiger partial charge in [0.1, 0.15) is 5.78 Å². The molecule has 0 radical (unpaired) electrons. The van der Waals surface area contributed by atoms with E-state index in [4.69, 9.17) is 0 Å². The van der Waals surface area contributed by atoms with Gasteiger partial charge in [-0.05, 0) is 43.5 Å². The Morgan fingerprint density at radius 1 is 1.29 bits per heavy atom. The fourth-order valence-electron chi connectivity index (χ4n) is 2.06. The van der Waals surface area contributed by atoms with Crippen molar-refractivity contribution in [2.45, 2.75) is 32.1 Å². The molecule has 0 aromatic heterocycles. The van der Waals surface area contributed by atoms with Gasteiger partial charge >= 0.3 is 0 Å². The zero-order valence-electron chi connectivity index (χ0n) is 8.43. The van der Waals surface area contributed by atoms with Crippen molar-refractivity contribution in [1.82, 2.24) is 0 Å². The van der Waals surface area contributed by atoms with Gasteiger partial charge in [-0.1, -0.05) is 22.0 Å². The highest BCUT2D eigenvalue weighted by Crippen LogP contribution is 2.35. The quantitative estimate of drug-likeness (QED) is 0.693. The molecule has 1 nitrogen and oxygen atoms in total. The minimum absolute atomic E-state index is 0.308. The highest BCUT2D eigenvalue weighted by molar-refractivity contribution is 9.10. The third kappa shape index (κ3) is 1.42. The molecule has 74 valence electrons. The summed E-state index contributed by atoms with van der Waals surface area (Å²) in [7, 11) is 0. The van der Waals surface area contributed by atoms with E-state index in [1.54, 1.807) is 0 Å². The van der Waals surface area contributed by atoms with E-state index >= 15 is 0 Å². The van der Waals surface area contributed by atoms with Crippen LogP contribution in [-0.2, 0) is 16.6 Å². The molecule has 0 bridgehead atoms. The molecular formula is C12H13BrO. The molecule has 0 saturated heterocycles. The van der Waals surface area contributed by atoms with Gasteiger partial charge in [-0.25, -0.2) is 0 Å². The first-order valence-electron chi connectivity index (χ1n) is 4.84. The van der Waals surface area contributed by atoms with Crippen molar-refractivity contribution in [2.75, 3.05) is 0 Å². The maximum absolute atomic E-state index is 11.8. The lowest BCUT2D eigenvalue weighted by Gasteiger charge is -2.31. The van der Waals surface area contributed by atoms with Crippen LogP contribution in [0.2, 0.25) is 0 Å². The van der Waals surface area contributed by atoms with E-state index in [1.807, 2.05) is 19.9 Å². The molecule has 1 aromatic carbocycles. The lowest BCUT2D eigenvalue weighted by molar-refractivity contribution is -0.124. The first kappa shape index (κ1) is 9.91. The summed E-state index contributed by atoms with van der Waals surface area (Å²) in [4.78, 5) is 11.8. The van der Waals surface area contributed by atoms with Gasteiger partial charge in [-0.2, -0.15) is 0 Å². The maximum Gasteiger partial charge on any atom is 0.143 e. The molecule has 0 atom stereocenters. The minimum atomic E-state index is -0.308. The Labute approximate surface area is 92.6 Å². The number of Topliss-reactive ketones (excluding diaryl/α,β-unsaturated/α-hetero) is 1. The summed E-state index contributed by atoms with van der Waals surface area (Å²) in [6, 6.07) is 6.24. The largest absolute Gasteiger partial charge is 0.299 e. The summed E-state index contributed by atoms with van der Waals surface area (Å²) >= 11 is 3.45. The van der Waals surface area contributed by atoms with Crippen molar-refractivity contribution in [3.05, 3.63) is 33.8 Å². The number of carbonyl (C=O) groups excluding carboxylic acids is 1. The third-order valence-corrected chi connectivity index (χ3v) is 3.56. The number of carbonyl (C=O) groups is 1. The Balaban J connectivity index is 2.61. The first-order chi connectivity index (χ1) is 6.51. The van der Waals surface area contributed by atoms with E-state index < -0.39 is 0 Å². The van der Waals surface area contributed by atoms with Crippen molar-refractivity contribution in [3.63, 3.8) is 0 Å². The van der Waals surface area contributed by atoms with Crippen LogP contribution in [-0.4, -0.2) is 5.78 Å². The molecule has 0 spiro atoms. The predicted octanol–water partition coefficient (Wildman–Crippen LogP) is 3.24. The number of benzene rings is 1. The van der Waals surface area contributed by atoms with E-state index in [1.165, 1.54) is 11.1 Å². The topological polar surface area (TPSA) is 17.1 Å². The summed E-state index contributed by atoms with van der Waals surface area (Å²) < 4.78 is 1.05. The lowest BCUT2D eigenvalue weighted by atomic mass is 9.72. The van der Waals surface area contributed by atoms with Crippen molar-refractivity contribution >= 4 is 21.7 Å². The standard InChI is InChI=1S/C12H13BrO/c1-12(2)10-7-9(13)5-3-8(10)4-6-11(12)14/h3,5,7H,4,6H2,1-2H3. The number of ketones is 1. The number of fused-ring (bicyclic) bond motifs is 1. The monoisotopic (exact) mass is 252 g/mol. The van der Waals surface area contributed by atoms with Gasteiger partial charge in [0.15, 0.2) is 0 Å². The summed E-state index contributed by atoms with van der Waals surface area (Å²) in [5.74, 6) is 0.350. The SMILES string of the molecule is CC1(C)C(=O)CCc2ccc(Br)cc21. The number of halogens is 1. The van der Waals surface area contributed by atoms with Crippen LogP contribution in [0.15, 0.2) is 22.7 Å². The minimum Gasteiger partial charge on any atom is -0.299 e. The summed E-state index contributed by atoms with van der Waals surface area (Å²) in [5, 5.41) is 0. The molecule has 1 aliphatic carbocycles. The van der Waals surface area contributed by atoms with Crippen LogP contribution >= 0.6 is 15.9 Å². The molecule has 1 aliphatic rings. The van der Waals surface area contributed by atoms with Gasteiger partial charge in [0, 0.05) is 16.3 Å². The molecule has 0 N–H and O–H groups in total. The molecule has 0 fully saturated rings. The maximum atomic E-state index is 11.8. The third-order valence-electron chi connectivity index (χ3n) is 3.06. The van der Waals surface area contributed by atoms with Crippen molar-refractivity contribution in [3.8, 4) is 0 Å². The number of hydrogen-bond acceptors (Lipinski definition) is 1. The molecule has 2 rings (SSSR count). The number of aryl methyl sites for hydroxylation is 1. The number of rotatable bonds is 0. The van der Waals surface area contributed by atoms with Gasteiger partial charge < -0.3 is 0 Å². The first-order valence-corrected chi connectivity index (χ1v) is 5.63. The van der Waals surface area contributed by atoms with Crippen molar-refractivity contribution in [1.29, 1.82) is 0 Å². The van der Waals surface area contributed by atoms with Crippen molar-refractivity contribution < 1.29 is 4.79 Å². The second kappa shape index (κ2) is 3.20. The zero-order valence-corrected chi connectivity index (χ0v) is 10.0. The van der Waals surface area contributed by atoms with E-state index in [0.717, 1.165) is 10.9 Å². The average molecular weight is 253 g/mol. The molecule has 2 heteroatoms. The van der Waals surface area contributed by atoms with Gasteiger partial charge in [-0.3, -0.25) is 4.79 Å². The molecule has 0 heterocycles. The second-order valence-corrected chi connectivity index (χ2v) is 5.27. The smallest absolute Gasteiger partial charge is 0.143 e. The van der Waals surface area contributed by atoms with Crippen LogP contribution in [0.25, 0.3) is 0 Å². The van der Waals surface area contributed by atoms with Crippen molar-refractivity contribution in [2.24, 2.45) is 0 Å². The number of hydrogen-bond donors (Lipinski definition) is 0. The fourth-order valence-corrected chi connectivity index (χ4v) is 2.42. The average Bonchev–Trinajstić information content (AvgIpc) is 2.13. The van der Waals surface area contributed by atoms with Gasteiger partial charge in [0.25, 0.3) is 0 Å². The Hall–Kier alpha value is -0.630. The Bertz CT molecular complexity index is 393. The lowest BCUT2D eigenvalue weighted by Crippen LogP contribution is -2.34. The van der Waals surface area contributed by atoms with E-state index in [-0.39, 0.29) is 5.41 Å². The summed E-state index contributed by atoms with van der Waals surface area (Å²) in [6.07, 6.45) is 1.58. The van der Waals surface area contributed by atoms with E-state index in [9.17, 15) is 4.79 Å². The van der Waals surface area contributed by atoms with Crippen LogP contribution in [0, 0.1) is 0 Å². The van der Waals surface area contributed by atoms with Crippen LogP contribution in [0.3, 0.4) is 0 Å². The van der Waals surface area contributed by atoms with Gasteiger partial charge in [0.05, 0.1) is 0 Å². The second-order valence-electron chi connectivity index (χ2n) is 4.35. The molecule has 1 aromatic rings. The van der Waals surface area contributed by atoms with Crippen LogP contribution < -0.4 is 0 Å². The molecule has 0 unspecified atom stereocenters. The summed E-state index contributed by atoms with van der Waals surface area (Å²) in [5.41, 5.74) is 2.19. The molecule has 0 amide bonds. The fraction of sp³-hybridized carbons (Fsp3) is 0.417. The highest BCUT2D eigenvalue weighted by atomic mass is 79.9.